The number of anilines is 1. The normalized spacial score (nSPS) is 20.1. The predicted octanol–water partition coefficient (Wildman–Crippen LogP) is 3.77. The minimum absolute atomic E-state index is 0.00740. The van der Waals surface area contributed by atoms with Crippen molar-refractivity contribution in [1.82, 2.24) is 10.2 Å². The number of likely N-dealkylation sites (tertiary alicyclic amines) is 1. The number of hydrogen-bond acceptors (Lipinski definition) is 3. The van der Waals surface area contributed by atoms with E-state index in [1.807, 2.05) is 30.3 Å². The van der Waals surface area contributed by atoms with Crippen molar-refractivity contribution in [2.75, 3.05) is 24.5 Å². The minimum Gasteiger partial charge on any atom is -0.371 e. The number of aryl methyl sites for hydroxylation is 1. The number of carbonyl (C=O) groups is 2. The summed E-state index contributed by atoms with van der Waals surface area (Å²) in [6.45, 7) is 4.64. The van der Waals surface area contributed by atoms with E-state index in [0.717, 1.165) is 45.2 Å². The lowest BCUT2D eigenvalue weighted by molar-refractivity contribution is -0.127. The van der Waals surface area contributed by atoms with Crippen molar-refractivity contribution in [2.45, 2.75) is 51.1 Å². The molecule has 2 aromatic rings. The van der Waals surface area contributed by atoms with E-state index >= 15 is 0 Å². The molecule has 1 unspecified atom stereocenters. The summed E-state index contributed by atoms with van der Waals surface area (Å²) < 4.78 is 0. The maximum absolute atomic E-state index is 13.1. The average Bonchev–Trinajstić information content (AvgIpc) is 2.79. The van der Waals surface area contributed by atoms with Gasteiger partial charge in [-0.25, -0.2) is 0 Å². The van der Waals surface area contributed by atoms with Gasteiger partial charge in [-0.2, -0.15) is 0 Å². The van der Waals surface area contributed by atoms with Crippen molar-refractivity contribution in [3.05, 3.63) is 65.7 Å². The fourth-order valence-electron chi connectivity index (χ4n) is 4.60. The number of hydrogen-bond donors (Lipinski definition) is 1. The molecule has 2 aromatic carbocycles. The van der Waals surface area contributed by atoms with Crippen LogP contribution in [0.1, 0.15) is 48.0 Å². The molecule has 1 atom stereocenters. The Morgan fingerprint density at radius 3 is 2.40 bits per heavy atom. The van der Waals surface area contributed by atoms with Gasteiger partial charge in [0, 0.05) is 36.9 Å². The Balaban J connectivity index is 1.35. The highest BCUT2D eigenvalue weighted by atomic mass is 16.2. The lowest BCUT2D eigenvalue weighted by atomic mass is 9.98. The standard InChI is InChI=1S/C25H31N3O2/c1-19-8-7-11-22(18-19)27-16-13-21(14-17-27)26-24(29)23-12-5-6-15-28(23)25(30)20-9-3-2-4-10-20/h2-4,7-11,18,21,23H,5-6,12-17H2,1H3,(H,26,29). The van der Waals surface area contributed by atoms with Crippen molar-refractivity contribution in [1.29, 1.82) is 0 Å². The highest BCUT2D eigenvalue weighted by molar-refractivity contribution is 5.97. The van der Waals surface area contributed by atoms with Crippen LogP contribution in [0.2, 0.25) is 0 Å². The fourth-order valence-corrected chi connectivity index (χ4v) is 4.60. The Morgan fingerprint density at radius 2 is 1.67 bits per heavy atom. The van der Waals surface area contributed by atoms with Crippen LogP contribution in [0.5, 0.6) is 0 Å². The first-order valence-corrected chi connectivity index (χ1v) is 11.1. The molecular formula is C25H31N3O2. The molecule has 5 heteroatoms. The van der Waals surface area contributed by atoms with Gasteiger partial charge in [-0.3, -0.25) is 9.59 Å². The zero-order chi connectivity index (χ0) is 20.9. The SMILES string of the molecule is Cc1cccc(N2CCC(NC(=O)C3CCCCN3C(=O)c3ccccc3)CC2)c1. The minimum atomic E-state index is -0.360. The maximum atomic E-state index is 13.1. The van der Waals surface area contributed by atoms with Gasteiger partial charge in [-0.1, -0.05) is 30.3 Å². The Hall–Kier alpha value is -2.82. The molecule has 2 aliphatic rings. The molecule has 2 amide bonds. The van der Waals surface area contributed by atoms with Crippen LogP contribution in [0.4, 0.5) is 5.69 Å². The predicted molar refractivity (Wildman–Crippen MR) is 120 cm³/mol. The summed E-state index contributed by atoms with van der Waals surface area (Å²) >= 11 is 0. The van der Waals surface area contributed by atoms with Gasteiger partial charge in [-0.05, 0) is 68.9 Å². The van der Waals surface area contributed by atoms with Gasteiger partial charge >= 0.3 is 0 Å². The van der Waals surface area contributed by atoms with Crippen LogP contribution in [0.3, 0.4) is 0 Å². The van der Waals surface area contributed by atoms with Crippen LogP contribution < -0.4 is 10.2 Å². The molecule has 0 saturated carbocycles. The molecule has 2 aliphatic heterocycles. The summed E-state index contributed by atoms with van der Waals surface area (Å²) in [5.41, 5.74) is 3.18. The number of benzene rings is 2. The number of rotatable bonds is 4. The first-order chi connectivity index (χ1) is 14.6. The molecule has 0 aromatic heterocycles. The Labute approximate surface area is 179 Å². The molecule has 0 spiro atoms. The Morgan fingerprint density at radius 1 is 0.900 bits per heavy atom. The van der Waals surface area contributed by atoms with Crippen LogP contribution in [-0.2, 0) is 4.79 Å². The molecule has 0 bridgehead atoms. The van der Waals surface area contributed by atoms with Gasteiger partial charge in [0.2, 0.25) is 5.91 Å². The molecule has 5 nitrogen and oxygen atoms in total. The van der Waals surface area contributed by atoms with E-state index in [-0.39, 0.29) is 23.9 Å². The zero-order valence-electron chi connectivity index (χ0n) is 17.7. The molecule has 0 radical (unpaired) electrons. The molecular weight excluding hydrogens is 374 g/mol. The van der Waals surface area contributed by atoms with E-state index in [9.17, 15) is 9.59 Å². The topological polar surface area (TPSA) is 52.7 Å². The zero-order valence-corrected chi connectivity index (χ0v) is 17.7. The van der Waals surface area contributed by atoms with Gasteiger partial charge in [0.1, 0.15) is 6.04 Å². The quantitative estimate of drug-likeness (QED) is 0.842. The summed E-state index contributed by atoms with van der Waals surface area (Å²) in [6, 6.07) is 17.7. The molecule has 2 saturated heterocycles. The molecule has 158 valence electrons. The molecule has 4 rings (SSSR count). The number of nitrogens with one attached hydrogen (secondary N) is 1. The van der Waals surface area contributed by atoms with Crippen molar-refractivity contribution in [3.8, 4) is 0 Å². The van der Waals surface area contributed by atoms with E-state index in [0.29, 0.717) is 12.1 Å². The monoisotopic (exact) mass is 405 g/mol. The third kappa shape index (κ3) is 4.66. The molecule has 2 heterocycles. The van der Waals surface area contributed by atoms with E-state index < -0.39 is 0 Å². The number of piperidine rings is 2. The summed E-state index contributed by atoms with van der Waals surface area (Å²) in [5.74, 6) is -0.0299. The summed E-state index contributed by atoms with van der Waals surface area (Å²) in [4.78, 5) is 30.2. The van der Waals surface area contributed by atoms with E-state index in [2.05, 4.69) is 41.4 Å². The second-order valence-electron chi connectivity index (χ2n) is 8.49. The average molecular weight is 406 g/mol. The van der Waals surface area contributed by atoms with E-state index in [1.54, 1.807) is 4.90 Å². The highest BCUT2D eigenvalue weighted by Crippen LogP contribution is 2.23. The van der Waals surface area contributed by atoms with Crippen LogP contribution in [0.15, 0.2) is 54.6 Å². The summed E-state index contributed by atoms with van der Waals surface area (Å²) in [7, 11) is 0. The number of carbonyl (C=O) groups excluding carboxylic acids is 2. The smallest absolute Gasteiger partial charge is 0.254 e. The first kappa shape index (κ1) is 20.5. The van der Waals surface area contributed by atoms with Gasteiger partial charge in [0.25, 0.3) is 5.91 Å². The third-order valence-electron chi connectivity index (χ3n) is 6.30. The molecule has 0 aliphatic carbocycles. The Kier molecular flexibility index (Phi) is 6.36. The van der Waals surface area contributed by atoms with Crippen molar-refractivity contribution >= 4 is 17.5 Å². The molecule has 2 fully saturated rings. The van der Waals surface area contributed by atoms with E-state index in [4.69, 9.17) is 0 Å². The fraction of sp³-hybridized carbons (Fsp3) is 0.440. The van der Waals surface area contributed by atoms with Crippen molar-refractivity contribution < 1.29 is 9.59 Å². The van der Waals surface area contributed by atoms with Gasteiger partial charge in [-0.15, -0.1) is 0 Å². The van der Waals surface area contributed by atoms with Crippen LogP contribution in [0, 0.1) is 6.92 Å². The van der Waals surface area contributed by atoms with Crippen molar-refractivity contribution in [3.63, 3.8) is 0 Å². The van der Waals surface area contributed by atoms with Gasteiger partial charge < -0.3 is 15.1 Å². The lowest BCUT2D eigenvalue weighted by Gasteiger charge is -2.38. The third-order valence-corrected chi connectivity index (χ3v) is 6.30. The molecule has 30 heavy (non-hydrogen) atoms. The highest BCUT2D eigenvalue weighted by Gasteiger charge is 2.34. The molecule has 1 N–H and O–H groups in total. The number of nitrogens with zero attached hydrogens (tertiary/aromatic N) is 2. The second-order valence-corrected chi connectivity index (χ2v) is 8.49. The second kappa shape index (κ2) is 9.33. The van der Waals surface area contributed by atoms with Gasteiger partial charge in [0.05, 0.1) is 0 Å². The van der Waals surface area contributed by atoms with E-state index in [1.165, 1.54) is 11.3 Å². The van der Waals surface area contributed by atoms with Crippen LogP contribution in [-0.4, -0.2) is 48.4 Å². The largest absolute Gasteiger partial charge is 0.371 e. The Bertz CT molecular complexity index is 875. The summed E-state index contributed by atoms with van der Waals surface area (Å²) in [5, 5.41) is 3.25. The number of amides is 2. The first-order valence-electron chi connectivity index (χ1n) is 11.1. The van der Waals surface area contributed by atoms with Crippen LogP contribution in [0.25, 0.3) is 0 Å². The lowest BCUT2D eigenvalue weighted by Crippen LogP contribution is -2.55. The van der Waals surface area contributed by atoms with Crippen LogP contribution >= 0.6 is 0 Å². The van der Waals surface area contributed by atoms with Gasteiger partial charge in [0.15, 0.2) is 0 Å². The van der Waals surface area contributed by atoms with Crippen molar-refractivity contribution in [2.24, 2.45) is 0 Å². The maximum Gasteiger partial charge on any atom is 0.254 e. The summed E-state index contributed by atoms with van der Waals surface area (Å²) in [6.07, 6.45) is 4.55.